The number of nitrogens with zero attached hydrogens (tertiary/aromatic N) is 1. The van der Waals surface area contributed by atoms with Crippen LogP contribution in [0.3, 0.4) is 0 Å². The molecule has 1 aliphatic rings. The zero-order chi connectivity index (χ0) is 21.0. The second kappa shape index (κ2) is 18.3. The van der Waals surface area contributed by atoms with E-state index in [4.69, 9.17) is 0 Å². The van der Waals surface area contributed by atoms with E-state index in [9.17, 15) is 4.79 Å². The molecule has 0 heterocycles. The van der Waals surface area contributed by atoms with Crippen LogP contribution >= 0.6 is 12.2 Å². The van der Waals surface area contributed by atoms with Gasteiger partial charge in [-0.15, -0.1) is 0 Å². The van der Waals surface area contributed by atoms with E-state index < -0.39 is 0 Å². The third-order valence-electron chi connectivity index (χ3n) is 4.68. The molecule has 0 aromatic heterocycles. The minimum Gasteiger partial charge on any atom is -0.353 e. The largest absolute Gasteiger partial charge is 0.353 e. The second-order valence-electron chi connectivity index (χ2n) is 7.69. The molecule has 4 heteroatoms. The summed E-state index contributed by atoms with van der Waals surface area (Å²) in [4.78, 5) is 15.5. The molecule has 0 unspecified atom stereocenters. The Bertz CT molecular complexity index is 596. The Morgan fingerprint density at radius 2 is 1.69 bits per heavy atom. The monoisotopic (exact) mass is 414 g/mol. The van der Waals surface area contributed by atoms with Crippen molar-refractivity contribution in [1.82, 2.24) is 5.32 Å². The maximum absolute atomic E-state index is 11.5. The zero-order valence-electron chi connectivity index (χ0n) is 18.0. The first-order valence-corrected chi connectivity index (χ1v) is 11.6. The van der Waals surface area contributed by atoms with Crippen molar-refractivity contribution in [2.24, 2.45) is 10.9 Å². The van der Waals surface area contributed by atoms with Crippen LogP contribution in [0.2, 0.25) is 0 Å². The fourth-order valence-corrected chi connectivity index (χ4v) is 2.91. The van der Waals surface area contributed by atoms with Crippen molar-refractivity contribution in [2.75, 3.05) is 6.54 Å². The Labute approximate surface area is 183 Å². The second-order valence-corrected chi connectivity index (χ2v) is 7.87. The van der Waals surface area contributed by atoms with Gasteiger partial charge < -0.3 is 5.32 Å². The van der Waals surface area contributed by atoms with Crippen molar-refractivity contribution < 1.29 is 4.79 Å². The van der Waals surface area contributed by atoms with Crippen LogP contribution in [0.5, 0.6) is 0 Å². The van der Waals surface area contributed by atoms with Crippen molar-refractivity contribution in [3.63, 3.8) is 0 Å². The van der Waals surface area contributed by atoms with Gasteiger partial charge in [0.15, 0.2) is 0 Å². The first kappa shape index (κ1) is 25.3. The number of carbonyl (C=O) groups excluding carboxylic acids is 1. The van der Waals surface area contributed by atoms with Crippen LogP contribution < -0.4 is 5.32 Å². The zero-order valence-corrected chi connectivity index (χ0v) is 18.8. The SMILES string of the molecule is C[C@H](/C=C\C/C=C\C/C=C\CCCC(=O)NC1CC1)/C=C\CCCCCN=C=S. The Kier molecular flexibility index (Phi) is 15.9. The molecule has 29 heavy (non-hydrogen) atoms. The van der Waals surface area contributed by atoms with Gasteiger partial charge >= 0.3 is 0 Å². The molecule has 1 fully saturated rings. The number of amides is 1. The number of carbonyl (C=O) groups is 1. The summed E-state index contributed by atoms with van der Waals surface area (Å²) in [5, 5.41) is 5.43. The lowest BCUT2D eigenvalue weighted by atomic mass is 10.1. The Morgan fingerprint density at radius 1 is 1.00 bits per heavy atom. The van der Waals surface area contributed by atoms with Gasteiger partial charge in [0.05, 0.1) is 5.16 Å². The summed E-state index contributed by atoms with van der Waals surface area (Å²) in [6.45, 7) is 3.03. The molecule has 0 spiro atoms. The predicted octanol–water partition coefficient (Wildman–Crippen LogP) is 6.74. The average molecular weight is 415 g/mol. The molecular weight excluding hydrogens is 376 g/mol. The van der Waals surface area contributed by atoms with E-state index in [-0.39, 0.29) is 5.91 Å². The molecule has 0 saturated heterocycles. The highest BCUT2D eigenvalue weighted by Crippen LogP contribution is 2.18. The maximum Gasteiger partial charge on any atom is 0.220 e. The number of aliphatic imine (C=N–C) groups is 1. The van der Waals surface area contributed by atoms with Gasteiger partial charge in [-0.2, -0.15) is 0 Å². The molecule has 0 radical (unpaired) electrons. The standard InChI is InChI=1S/C25H38N2OS/c1-23(17-13-9-7-11-15-21-26-22-29)16-12-8-5-3-2-4-6-10-14-18-25(28)27-24-19-20-24/h3-6,12-13,16-17,23-24H,2,7-11,14-15,18-21H2,1H3,(H,27,28)/b5-3-,6-4-,16-12-,17-13-/t23-/m1/s1. The molecule has 0 bridgehead atoms. The third-order valence-corrected chi connectivity index (χ3v) is 4.81. The number of allylic oxidation sites excluding steroid dienone is 8. The van der Waals surface area contributed by atoms with Crippen LogP contribution in [0.1, 0.15) is 77.6 Å². The molecule has 1 rings (SSSR count). The van der Waals surface area contributed by atoms with Gasteiger partial charge in [0.2, 0.25) is 5.91 Å². The van der Waals surface area contributed by atoms with Gasteiger partial charge in [0.25, 0.3) is 0 Å². The lowest BCUT2D eigenvalue weighted by molar-refractivity contribution is -0.121. The molecule has 160 valence electrons. The lowest BCUT2D eigenvalue weighted by Crippen LogP contribution is -2.24. The highest BCUT2D eigenvalue weighted by Gasteiger charge is 2.22. The Morgan fingerprint density at radius 3 is 2.45 bits per heavy atom. The first-order valence-electron chi connectivity index (χ1n) is 11.2. The number of hydrogen-bond acceptors (Lipinski definition) is 3. The number of nitrogens with one attached hydrogen (secondary N) is 1. The summed E-state index contributed by atoms with van der Waals surface area (Å²) in [5.41, 5.74) is 0. The third kappa shape index (κ3) is 18.0. The predicted molar refractivity (Wildman–Crippen MR) is 128 cm³/mol. The number of isothiocyanates is 1. The fourth-order valence-electron chi connectivity index (χ4n) is 2.82. The van der Waals surface area contributed by atoms with Crippen LogP contribution in [0.25, 0.3) is 0 Å². The van der Waals surface area contributed by atoms with Crippen molar-refractivity contribution in [3.05, 3.63) is 48.6 Å². The lowest BCUT2D eigenvalue weighted by Gasteiger charge is -2.00. The first-order chi connectivity index (χ1) is 14.2. The van der Waals surface area contributed by atoms with E-state index in [1.165, 1.54) is 12.8 Å². The molecule has 0 aliphatic heterocycles. The number of rotatable bonds is 17. The van der Waals surface area contributed by atoms with E-state index in [0.717, 1.165) is 57.9 Å². The molecule has 3 nitrogen and oxygen atoms in total. The minimum atomic E-state index is 0.213. The van der Waals surface area contributed by atoms with Gasteiger partial charge in [0.1, 0.15) is 0 Å². The van der Waals surface area contributed by atoms with Gasteiger partial charge in [-0.1, -0.05) is 62.0 Å². The van der Waals surface area contributed by atoms with E-state index in [2.05, 4.69) is 83.2 Å². The van der Waals surface area contributed by atoms with Gasteiger partial charge in [-0.25, -0.2) is 4.99 Å². The molecule has 1 aliphatic carbocycles. The Hall–Kier alpha value is -1.77. The number of unbranched alkanes of at least 4 members (excludes halogenated alkanes) is 4. The van der Waals surface area contributed by atoms with E-state index >= 15 is 0 Å². The van der Waals surface area contributed by atoms with Crippen molar-refractivity contribution >= 4 is 23.3 Å². The summed E-state index contributed by atoms with van der Waals surface area (Å²) < 4.78 is 0. The molecular formula is C25H38N2OS. The highest BCUT2D eigenvalue weighted by molar-refractivity contribution is 7.78. The minimum absolute atomic E-state index is 0.213. The van der Waals surface area contributed by atoms with Gasteiger partial charge in [-0.3, -0.25) is 4.79 Å². The molecule has 0 aromatic rings. The summed E-state index contributed by atoms with van der Waals surface area (Å²) in [7, 11) is 0. The van der Waals surface area contributed by atoms with E-state index in [1.54, 1.807) is 0 Å². The van der Waals surface area contributed by atoms with Crippen molar-refractivity contribution in [2.45, 2.75) is 83.6 Å². The summed E-state index contributed by atoms with van der Waals surface area (Å²) in [6.07, 6.45) is 29.3. The van der Waals surface area contributed by atoms with Crippen LogP contribution in [-0.2, 0) is 4.79 Å². The van der Waals surface area contributed by atoms with Gasteiger partial charge in [-0.05, 0) is 75.9 Å². The smallest absolute Gasteiger partial charge is 0.220 e. The van der Waals surface area contributed by atoms with E-state index in [1.807, 2.05) is 0 Å². The van der Waals surface area contributed by atoms with Crippen molar-refractivity contribution in [3.8, 4) is 0 Å². The number of hydrogen-bond donors (Lipinski definition) is 1. The van der Waals surface area contributed by atoms with Crippen LogP contribution in [0, 0.1) is 5.92 Å². The molecule has 1 saturated carbocycles. The van der Waals surface area contributed by atoms with Gasteiger partial charge in [0, 0.05) is 19.0 Å². The molecule has 1 amide bonds. The van der Waals surface area contributed by atoms with Crippen LogP contribution in [-0.4, -0.2) is 23.7 Å². The normalized spacial score (nSPS) is 15.5. The molecule has 1 N–H and O–H groups in total. The highest BCUT2D eigenvalue weighted by atomic mass is 32.1. The fraction of sp³-hybridized carbons (Fsp3) is 0.600. The molecule has 0 aromatic carbocycles. The van der Waals surface area contributed by atoms with Crippen molar-refractivity contribution in [1.29, 1.82) is 0 Å². The average Bonchev–Trinajstić information content (AvgIpc) is 3.52. The van der Waals surface area contributed by atoms with Crippen LogP contribution in [0.15, 0.2) is 53.6 Å². The number of thiocarbonyl (C=S) groups is 1. The maximum atomic E-state index is 11.5. The van der Waals surface area contributed by atoms with E-state index in [0.29, 0.717) is 18.4 Å². The molecule has 1 atom stereocenters. The topological polar surface area (TPSA) is 41.5 Å². The Balaban J connectivity index is 1.93. The quantitative estimate of drug-likeness (QED) is 0.124. The summed E-state index contributed by atoms with van der Waals surface area (Å²) in [5.74, 6) is 0.699. The summed E-state index contributed by atoms with van der Waals surface area (Å²) >= 11 is 4.55. The summed E-state index contributed by atoms with van der Waals surface area (Å²) in [6, 6.07) is 0.480. The van der Waals surface area contributed by atoms with Crippen LogP contribution in [0.4, 0.5) is 0 Å².